The van der Waals surface area contributed by atoms with Gasteiger partial charge in [0.15, 0.2) is 0 Å². The summed E-state index contributed by atoms with van der Waals surface area (Å²) in [5.74, 6) is 0. The van der Waals surface area contributed by atoms with Gasteiger partial charge in [-0.25, -0.2) is 0 Å². The molecule has 0 spiro atoms. The van der Waals surface area contributed by atoms with Crippen LogP contribution < -0.4 is 4.90 Å². The molecule has 0 radical (unpaired) electrons. The molecule has 0 N–H and O–H groups in total. The van der Waals surface area contributed by atoms with Gasteiger partial charge in [-0.05, 0) is 93.7 Å². The molecule has 1 aliphatic rings. The Balaban J connectivity index is 1.15. The van der Waals surface area contributed by atoms with E-state index in [0.29, 0.717) is 0 Å². The molecule has 0 aliphatic heterocycles. The van der Waals surface area contributed by atoms with Gasteiger partial charge in [0.2, 0.25) is 0 Å². The summed E-state index contributed by atoms with van der Waals surface area (Å²) in [5.41, 5.74) is 15.1. The zero-order chi connectivity index (χ0) is 42.1. The van der Waals surface area contributed by atoms with Gasteiger partial charge in [0.05, 0.1) is 22.2 Å². The van der Waals surface area contributed by atoms with Crippen LogP contribution >= 0.6 is 0 Å². The lowest BCUT2D eigenvalue weighted by Crippen LogP contribution is -2.29. The minimum Gasteiger partial charge on any atom is -0.456 e. The third-order valence-electron chi connectivity index (χ3n) is 13.1. The fraction of sp³-hybridized carbons (Fsp3) is 0.0333. The van der Waals surface area contributed by atoms with Crippen molar-refractivity contribution in [3.8, 4) is 11.1 Å². The number of furan rings is 2. The Morgan fingerprint density at radius 1 is 0.524 bits per heavy atom. The number of para-hydroxylation sites is 1. The van der Waals surface area contributed by atoms with Crippen LogP contribution in [0.25, 0.3) is 71.3 Å². The van der Waals surface area contributed by atoms with Gasteiger partial charge < -0.3 is 13.7 Å². The van der Waals surface area contributed by atoms with Crippen LogP contribution in [-0.4, -0.2) is 0 Å². The highest BCUT2D eigenvalue weighted by Crippen LogP contribution is 2.58. The second-order valence-electron chi connectivity index (χ2n) is 16.3. The van der Waals surface area contributed by atoms with E-state index >= 15 is 0 Å². The van der Waals surface area contributed by atoms with Crippen molar-refractivity contribution in [2.45, 2.75) is 12.3 Å². The molecular formula is C60H41NO2. The number of anilines is 2. The highest BCUT2D eigenvalue weighted by atomic mass is 16.3. The molecule has 0 amide bonds. The zero-order valence-electron chi connectivity index (χ0n) is 34.8. The molecule has 11 aromatic rings. The quantitative estimate of drug-likeness (QED) is 0.153. The first-order valence-corrected chi connectivity index (χ1v) is 21.6. The molecule has 2 aromatic heterocycles. The summed E-state index contributed by atoms with van der Waals surface area (Å²) in [7, 11) is 0. The van der Waals surface area contributed by atoms with Crippen LogP contribution in [0.15, 0.2) is 245 Å². The first kappa shape index (κ1) is 36.7. The zero-order valence-corrected chi connectivity index (χ0v) is 34.8. The average Bonchev–Trinajstić information content (AvgIpc) is 4.03. The third-order valence-corrected chi connectivity index (χ3v) is 13.1. The van der Waals surface area contributed by atoms with Crippen molar-refractivity contribution in [2.24, 2.45) is 0 Å². The van der Waals surface area contributed by atoms with Crippen LogP contribution in [0.1, 0.15) is 29.2 Å². The second kappa shape index (κ2) is 14.5. The van der Waals surface area contributed by atoms with E-state index in [4.69, 9.17) is 8.83 Å². The van der Waals surface area contributed by atoms with Crippen LogP contribution in [0.4, 0.5) is 11.4 Å². The smallest absolute Gasteiger partial charge is 0.143 e. The summed E-state index contributed by atoms with van der Waals surface area (Å²) in [5, 5.41) is 6.60. The molecule has 0 fully saturated rings. The molecule has 0 saturated heterocycles. The standard InChI is InChI=1S/C60H41NO2/c1-3-49-57(46-28-13-15-31-50(46)60(49,41-22-7-5-8-23-41)42-24-9-6-10-25-42)51(4-2)61(52-32-19-35-55-58(52)47-29-14-16-33-53(47)62-55)43-26-17-21-40(38-43)44-30-18-34-54-56(44)48-37-36-39-20-11-12-27-45(39)59(48)63-54/h3-38H,1H2,2H3/b51-4+. The van der Waals surface area contributed by atoms with Gasteiger partial charge in [-0.2, -0.15) is 0 Å². The van der Waals surface area contributed by atoms with Crippen LogP contribution in [0, 0.1) is 0 Å². The van der Waals surface area contributed by atoms with Crippen molar-refractivity contribution in [2.75, 3.05) is 4.90 Å². The lowest BCUT2D eigenvalue weighted by Gasteiger charge is -2.35. The van der Waals surface area contributed by atoms with Crippen LogP contribution in [-0.2, 0) is 5.41 Å². The topological polar surface area (TPSA) is 29.5 Å². The monoisotopic (exact) mass is 807 g/mol. The molecule has 1 aliphatic carbocycles. The summed E-state index contributed by atoms with van der Waals surface area (Å²) in [6.45, 7) is 6.78. The van der Waals surface area contributed by atoms with E-state index in [-0.39, 0.29) is 0 Å². The summed E-state index contributed by atoms with van der Waals surface area (Å²) in [6.07, 6.45) is 4.36. The van der Waals surface area contributed by atoms with Crippen LogP contribution in [0.2, 0.25) is 0 Å². The number of nitrogens with zero attached hydrogens (tertiary/aromatic N) is 1. The van der Waals surface area contributed by atoms with E-state index in [1.807, 2.05) is 6.07 Å². The van der Waals surface area contributed by atoms with Gasteiger partial charge >= 0.3 is 0 Å². The summed E-state index contributed by atoms with van der Waals surface area (Å²) < 4.78 is 13.3. The van der Waals surface area contributed by atoms with Gasteiger partial charge in [-0.15, -0.1) is 0 Å². The first-order chi connectivity index (χ1) is 31.2. The molecule has 2 heterocycles. The average molecular weight is 808 g/mol. The molecule has 0 atom stereocenters. The number of rotatable bonds is 8. The lowest BCUT2D eigenvalue weighted by molar-refractivity contribution is 0.669. The fourth-order valence-electron chi connectivity index (χ4n) is 10.5. The van der Waals surface area contributed by atoms with Crippen molar-refractivity contribution in [1.82, 2.24) is 0 Å². The maximum absolute atomic E-state index is 6.68. The predicted octanol–water partition coefficient (Wildman–Crippen LogP) is 16.3. The number of allylic oxidation sites excluding steroid dienone is 4. The van der Waals surface area contributed by atoms with E-state index in [1.54, 1.807) is 0 Å². The van der Waals surface area contributed by atoms with Gasteiger partial charge in [0.25, 0.3) is 0 Å². The number of hydrogen-bond donors (Lipinski definition) is 0. The van der Waals surface area contributed by atoms with Crippen molar-refractivity contribution in [1.29, 1.82) is 0 Å². The molecule has 0 saturated carbocycles. The fourth-order valence-corrected chi connectivity index (χ4v) is 10.5. The number of fused-ring (bicyclic) bond motifs is 9. The minimum atomic E-state index is -0.630. The van der Waals surface area contributed by atoms with Gasteiger partial charge in [0.1, 0.15) is 22.3 Å². The molecule has 0 bridgehead atoms. The molecule has 0 unspecified atom stereocenters. The highest BCUT2D eigenvalue weighted by Gasteiger charge is 2.48. The molecule has 3 nitrogen and oxygen atoms in total. The van der Waals surface area contributed by atoms with Crippen molar-refractivity contribution in [3.63, 3.8) is 0 Å². The van der Waals surface area contributed by atoms with E-state index in [2.05, 4.69) is 231 Å². The van der Waals surface area contributed by atoms with E-state index in [1.165, 1.54) is 22.3 Å². The molecule has 3 heteroatoms. The minimum absolute atomic E-state index is 0.630. The van der Waals surface area contributed by atoms with Gasteiger partial charge in [-0.1, -0.05) is 183 Å². The Kier molecular flexibility index (Phi) is 8.45. The summed E-state index contributed by atoms with van der Waals surface area (Å²) >= 11 is 0. The first-order valence-electron chi connectivity index (χ1n) is 21.6. The van der Waals surface area contributed by atoms with E-state index in [0.717, 1.165) is 94.0 Å². The van der Waals surface area contributed by atoms with Crippen molar-refractivity contribution >= 4 is 71.6 Å². The predicted molar refractivity (Wildman–Crippen MR) is 263 cm³/mol. The molecule has 12 rings (SSSR count). The Hall–Kier alpha value is -8.14. The Morgan fingerprint density at radius 2 is 1.16 bits per heavy atom. The molecular weight excluding hydrogens is 767 g/mol. The SMILES string of the molecule is C=CC1=C(/C(=C\C)N(c2cccc(-c3cccc4oc5c6ccccc6ccc5c34)c2)c2cccc3oc4ccccc4c23)c2ccccc2C1(c1ccccc1)c1ccccc1. The van der Waals surface area contributed by atoms with Crippen LogP contribution in [0.5, 0.6) is 0 Å². The van der Waals surface area contributed by atoms with Gasteiger partial charge in [-0.3, -0.25) is 0 Å². The van der Waals surface area contributed by atoms with Crippen LogP contribution in [0.3, 0.4) is 0 Å². The Bertz CT molecular complexity index is 3620. The van der Waals surface area contributed by atoms with Gasteiger partial charge in [0, 0.05) is 32.8 Å². The van der Waals surface area contributed by atoms with E-state index < -0.39 is 5.41 Å². The Labute approximate surface area is 365 Å². The van der Waals surface area contributed by atoms with Crippen molar-refractivity contribution in [3.05, 3.63) is 259 Å². The van der Waals surface area contributed by atoms with Crippen molar-refractivity contribution < 1.29 is 8.83 Å². The largest absolute Gasteiger partial charge is 0.456 e. The third kappa shape index (κ3) is 5.39. The number of hydrogen-bond acceptors (Lipinski definition) is 3. The number of benzene rings is 9. The maximum atomic E-state index is 6.68. The maximum Gasteiger partial charge on any atom is 0.143 e. The molecule has 298 valence electrons. The summed E-state index contributed by atoms with van der Waals surface area (Å²) in [6, 6.07) is 73.7. The molecule has 9 aromatic carbocycles. The molecule has 63 heavy (non-hydrogen) atoms. The lowest BCUT2D eigenvalue weighted by atomic mass is 9.67. The second-order valence-corrected chi connectivity index (χ2v) is 16.3. The summed E-state index contributed by atoms with van der Waals surface area (Å²) in [4.78, 5) is 2.44. The highest BCUT2D eigenvalue weighted by molar-refractivity contribution is 6.19. The van der Waals surface area contributed by atoms with E-state index in [9.17, 15) is 0 Å². The normalized spacial score (nSPS) is 13.7. The Morgan fingerprint density at radius 3 is 1.94 bits per heavy atom.